The van der Waals surface area contributed by atoms with Gasteiger partial charge >= 0.3 is 0 Å². The van der Waals surface area contributed by atoms with E-state index in [0.717, 1.165) is 43.2 Å². The highest BCUT2D eigenvalue weighted by molar-refractivity contribution is 7.82. The second kappa shape index (κ2) is 6.97. The number of hydrogen-bond acceptors (Lipinski definition) is 3. The van der Waals surface area contributed by atoms with Gasteiger partial charge in [0, 0.05) is 11.1 Å². The Hall–Kier alpha value is -2.40. The molecule has 1 fully saturated rings. The minimum Gasteiger partial charge on any atom is -0.271 e. The monoisotopic (exact) mass is 380 g/mol. The van der Waals surface area contributed by atoms with Gasteiger partial charge in [-0.15, -0.1) is 0 Å². The number of aliphatic imine (C=N–C) groups is 1. The fourth-order valence-electron chi connectivity index (χ4n) is 4.07. The zero-order chi connectivity index (χ0) is 19.0. The van der Waals surface area contributed by atoms with Gasteiger partial charge in [-0.3, -0.25) is 14.7 Å². The van der Waals surface area contributed by atoms with Crippen molar-refractivity contribution in [3.8, 4) is 0 Å². The van der Waals surface area contributed by atoms with Gasteiger partial charge in [-0.05, 0) is 56.9 Å². The molecule has 2 aliphatic rings. The Morgan fingerprint density at radius 2 is 1.85 bits per heavy atom. The van der Waals surface area contributed by atoms with Gasteiger partial charge in [0.05, 0.1) is 0 Å². The van der Waals surface area contributed by atoms with Gasteiger partial charge in [-0.25, -0.2) is 4.39 Å². The van der Waals surface area contributed by atoms with Gasteiger partial charge in [-0.2, -0.15) is 0 Å². The molecule has 1 heterocycles. The molecule has 0 bridgehead atoms. The molecule has 0 saturated heterocycles. The van der Waals surface area contributed by atoms with Crippen molar-refractivity contribution in [2.75, 3.05) is 0 Å². The lowest BCUT2D eigenvalue weighted by Gasteiger charge is -2.38. The molecule has 1 spiro atoms. The number of carbonyl (C=O) groups excluding carboxylic acids is 1. The average Bonchev–Trinajstić information content (AvgIpc) is 2.93. The van der Waals surface area contributed by atoms with Crippen LogP contribution in [-0.2, 0) is 0 Å². The van der Waals surface area contributed by atoms with Gasteiger partial charge in [0.1, 0.15) is 22.2 Å². The van der Waals surface area contributed by atoms with Gasteiger partial charge in [0.15, 0.2) is 0 Å². The van der Waals surface area contributed by atoms with Crippen LogP contribution in [0.25, 0.3) is 0 Å². The highest BCUT2D eigenvalue weighted by Crippen LogP contribution is 2.41. The molecule has 3 nitrogen and oxygen atoms in total. The first-order valence-corrected chi connectivity index (χ1v) is 9.72. The second-order valence-corrected chi connectivity index (χ2v) is 7.72. The number of carbonyl (C=O) groups is 1. The zero-order valence-corrected chi connectivity index (χ0v) is 16.1. The van der Waals surface area contributed by atoms with Crippen LogP contribution < -0.4 is 0 Å². The first-order valence-electron chi connectivity index (χ1n) is 9.32. The quantitative estimate of drug-likeness (QED) is 0.682. The predicted octanol–water partition coefficient (Wildman–Crippen LogP) is 5.07. The van der Waals surface area contributed by atoms with Crippen molar-refractivity contribution in [3.05, 3.63) is 71.0 Å². The third-order valence-corrected chi connectivity index (χ3v) is 5.74. The molecule has 4 rings (SSSR count). The maximum Gasteiger partial charge on any atom is 0.261 e. The van der Waals surface area contributed by atoms with E-state index in [4.69, 9.17) is 17.2 Å². The molecule has 0 unspecified atom stereocenters. The molecule has 2 aromatic carbocycles. The summed E-state index contributed by atoms with van der Waals surface area (Å²) in [6.07, 6.45) is 4.69. The third kappa shape index (κ3) is 3.21. The van der Waals surface area contributed by atoms with Crippen LogP contribution in [0.4, 0.5) is 4.39 Å². The molecule has 1 aliphatic heterocycles. The largest absolute Gasteiger partial charge is 0.271 e. The van der Waals surface area contributed by atoms with Crippen molar-refractivity contribution in [1.29, 1.82) is 0 Å². The maximum atomic E-state index is 13.7. The molecule has 0 N–H and O–H groups in total. The van der Waals surface area contributed by atoms with Crippen molar-refractivity contribution >= 4 is 28.8 Å². The number of amides is 1. The summed E-state index contributed by atoms with van der Waals surface area (Å²) in [5.41, 5.74) is 2.41. The summed E-state index contributed by atoms with van der Waals surface area (Å²) < 4.78 is 13.7. The van der Waals surface area contributed by atoms with Crippen LogP contribution >= 0.6 is 12.2 Å². The summed E-state index contributed by atoms with van der Waals surface area (Å²) in [5, 5.41) is 0. The normalized spacial score (nSPS) is 18.7. The van der Waals surface area contributed by atoms with E-state index < -0.39 is 11.5 Å². The van der Waals surface area contributed by atoms with E-state index in [-0.39, 0.29) is 5.91 Å². The van der Waals surface area contributed by atoms with Crippen LogP contribution in [0, 0.1) is 12.7 Å². The fourth-order valence-corrected chi connectivity index (χ4v) is 4.48. The number of halogens is 1. The van der Waals surface area contributed by atoms with Gasteiger partial charge in [0.2, 0.25) is 0 Å². The summed E-state index contributed by atoms with van der Waals surface area (Å²) in [5.74, 6) is -0.698. The molecular weight excluding hydrogens is 359 g/mol. The molecule has 1 aliphatic carbocycles. The molecule has 27 heavy (non-hydrogen) atoms. The molecule has 1 amide bonds. The lowest BCUT2D eigenvalue weighted by Crippen LogP contribution is -2.50. The van der Waals surface area contributed by atoms with Crippen LogP contribution in [0.1, 0.15) is 53.6 Å². The number of hydrogen-bond donors (Lipinski definition) is 0. The third-order valence-electron chi connectivity index (χ3n) is 5.36. The minimum absolute atomic E-state index is 0.271. The molecule has 0 aromatic heterocycles. The van der Waals surface area contributed by atoms with E-state index in [0.29, 0.717) is 16.3 Å². The Kier molecular flexibility index (Phi) is 4.64. The van der Waals surface area contributed by atoms with Crippen LogP contribution in [0.3, 0.4) is 0 Å². The minimum atomic E-state index is -0.641. The van der Waals surface area contributed by atoms with E-state index >= 15 is 0 Å². The van der Waals surface area contributed by atoms with Gasteiger partial charge in [-0.1, -0.05) is 48.5 Å². The van der Waals surface area contributed by atoms with Crippen LogP contribution in [-0.4, -0.2) is 27.2 Å². The van der Waals surface area contributed by atoms with Crippen molar-refractivity contribution in [2.24, 2.45) is 4.99 Å². The van der Waals surface area contributed by atoms with E-state index in [1.807, 2.05) is 31.2 Å². The Labute approximate surface area is 163 Å². The van der Waals surface area contributed by atoms with E-state index in [9.17, 15) is 9.18 Å². The predicted molar refractivity (Wildman–Crippen MR) is 109 cm³/mol. The van der Waals surface area contributed by atoms with E-state index in [1.54, 1.807) is 17.0 Å². The Morgan fingerprint density at radius 3 is 2.56 bits per heavy atom. The molecule has 0 radical (unpaired) electrons. The summed E-state index contributed by atoms with van der Waals surface area (Å²) in [6, 6.07) is 13.8. The summed E-state index contributed by atoms with van der Waals surface area (Å²) in [7, 11) is 0. The highest BCUT2D eigenvalue weighted by Gasteiger charge is 2.48. The lowest BCUT2D eigenvalue weighted by atomic mass is 9.88. The average molecular weight is 380 g/mol. The van der Waals surface area contributed by atoms with Crippen LogP contribution in [0.2, 0.25) is 0 Å². The van der Waals surface area contributed by atoms with Gasteiger partial charge in [0.25, 0.3) is 5.91 Å². The van der Waals surface area contributed by atoms with Crippen molar-refractivity contribution in [3.63, 3.8) is 0 Å². The van der Waals surface area contributed by atoms with E-state index in [2.05, 4.69) is 0 Å². The topological polar surface area (TPSA) is 32.7 Å². The number of nitrogens with zero attached hydrogens (tertiary/aromatic N) is 2. The van der Waals surface area contributed by atoms with Gasteiger partial charge < -0.3 is 0 Å². The smallest absolute Gasteiger partial charge is 0.261 e. The maximum absolute atomic E-state index is 13.7. The van der Waals surface area contributed by atoms with Crippen molar-refractivity contribution < 1.29 is 9.18 Å². The first kappa shape index (κ1) is 18.0. The number of thiocarbonyl (C=S) groups is 1. The number of rotatable bonds is 2. The number of benzene rings is 2. The Morgan fingerprint density at radius 1 is 1.11 bits per heavy atom. The Balaban J connectivity index is 1.79. The fraction of sp³-hybridized carbons (Fsp3) is 0.318. The van der Waals surface area contributed by atoms with Crippen LogP contribution in [0.5, 0.6) is 0 Å². The SMILES string of the molecule is Cc1cccc(C2=NC3(CCCCC3)N(C(=O)c3cccc(F)c3)C2=S)c1. The van der Waals surface area contributed by atoms with Crippen LogP contribution in [0.15, 0.2) is 53.5 Å². The van der Waals surface area contributed by atoms with E-state index in [1.165, 1.54) is 12.1 Å². The highest BCUT2D eigenvalue weighted by atomic mass is 32.1. The summed E-state index contributed by atoms with van der Waals surface area (Å²) >= 11 is 5.73. The number of aryl methyl sites for hydroxylation is 1. The lowest BCUT2D eigenvalue weighted by molar-refractivity contribution is 0.0648. The van der Waals surface area contributed by atoms with Crippen molar-refractivity contribution in [2.45, 2.75) is 44.7 Å². The molecule has 1 saturated carbocycles. The molecule has 138 valence electrons. The summed E-state index contributed by atoms with van der Waals surface area (Å²) in [6.45, 7) is 2.02. The first-order chi connectivity index (χ1) is 13.0. The Bertz CT molecular complexity index is 947. The molecular formula is C22H21FN2OS. The standard InChI is InChI=1S/C22H21FN2OS/c1-15-7-5-8-16(13-15)19-21(27)25(22(24-19)11-3-2-4-12-22)20(26)17-9-6-10-18(23)14-17/h5-10,13-14H,2-4,11-12H2,1H3. The summed E-state index contributed by atoms with van der Waals surface area (Å²) in [4.78, 5) is 20.4. The molecule has 2 aromatic rings. The zero-order valence-electron chi connectivity index (χ0n) is 15.2. The van der Waals surface area contributed by atoms with Crippen molar-refractivity contribution in [1.82, 2.24) is 4.90 Å². The molecule has 0 atom stereocenters. The molecule has 5 heteroatoms. The second-order valence-electron chi connectivity index (χ2n) is 7.33.